The maximum atomic E-state index is 4.93. The van der Waals surface area contributed by atoms with E-state index in [0.717, 1.165) is 50.9 Å². The lowest BCUT2D eigenvalue weighted by atomic mass is 10.0. The number of nitrogens with one attached hydrogen (secondary N) is 1. The van der Waals surface area contributed by atoms with Crippen molar-refractivity contribution in [2.24, 2.45) is 4.99 Å². The number of aromatic nitrogens is 1. The Hall–Kier alpha value is -1.65. The summed E-state index contributed by atoms with van der Waals surface area (Å²) < 4.78 is 4.93. The van der Waals surface area contributed by atoms with Gasteiger partial charge < -0.3 is 19.6 Å². The summed E-state index contributed by atoms with van der Waals surface area (Å²) in [6.07, 6.45) is 1.63. The highest BCUT2D eigenvalue weighted by atomic mass is 127. The molecule has 2 heterocycles. The fourth-order valence-corrected chi connectivity index (χ4v) is 3.57. The summed E-state index contributed by atoms with van der Waals surface area (Å²) in [4.78, 5) is 11.5. The zero-order valence-corrected chi connectivity index (χ0v) is 20.2. The van der Waals surface area contributed by atoms with E-state index in [9.17, 15) is 0 Å². The molecule has 1 atom stereocenters. The third-order valence-electron chi connectivity index (χ3n) is 5.30. The minimum absolute atomic E-state index is 0. The first-order valence-corrected chi connectivity index (χ1v) is 9.87. The molecule has 0 spiro atoms. The van der Waals surface area contributed by atoms with E-state index < -0.39 is 0 Å². The van der Waals surface area contributed by atoms with Crippen molar-refractivity contribution < 1.29 is 4.52 Å². The highest BCUT2D eigenvalue weighted by Gasteiger charge is 2.21. The lowest BCUT2D eigenvalue weighted by Crippen LogP contribution is -2.53. The third-order valence-corrected chi connectivity index (χ3v) is 5.30. The van der Waals surface area contributed by atoms with E-state index in [1.165, 1.54) is 11.1 Å². The van der Waals surface area contributed by atoms with Crippen molar-refractivity contribution in [2.75, 3.05) is 53.9 Å². The van der Waals surface area contributed by atoms with Gasteiger partial charge in [-0.3, -0.25) is 9.89 Å². The van der Waals surface area contributed by atoms with Gasteiger partial charge in [-0.15, -0.1) is 24.0 Å². The Bertz CT molecular complexity index is 739. The maximum Gasteiger partial charge on any atom is 0.193 e. The number of rotatable bonds is 6. The van der Waals surface area contributed by atoms with Crippen molar-refractivity contribution >= 4 is 29.9 Å². The van der Waals surface area contributed by atoms with Crippen LogP contribution >= 0.6 is 24.0 Å². The van der Waals surface area contributed by atoms with Crippen molar-refractivity contribution in [1.29, 1.82) is 0 Å². The Labute approximate surface area is 191 Å². The lowest BCUT2D eigenvalue weighted by Gasteiger charge is -2.37. The molecule has 29 heavy (non-hydrogen) atoms. The number of halogens is 1. The van der Waals surface area contributed by atoms with Crippen LogP contribution in [0, 0.1) is 6.92 Å². The Morgan fingerprint density at radius 2 is 1.86 bits per heavy atom. The zero-order chi connectivity index (χ0) is 19.9. The van der Waals surface area contributed by atoms with E-state index >= 15 is 0 Å². The average molecular weight is 512 g/mol. The largest absolute Gasteiger partial charge is 0.364 e. The number of hydrogen-bond acceptors (Lipinski definition) is 5. The molecule has 0 aliphatic carbocycles. The van der Waals surface area contributed by atoms with Crippen LogP contribution in [0.4, 0.5) is 0 Å². The minimum atomic E-state index is 0. The van der Waals surface area contributed by atoms with Gasteiger partial charge in [-0.2, -0.15) is 0 Å². The molecular weight excluding hydrogens is 479 g/mol. The Kier molecular flexibility index (Phi) is 9.38. The topological polar surface area (TPSA) is 60.1 Å². The van der Waals surface area contributed by atoms with Crippen LogP contribution in [0.15, 0.2) is 46.1 Å². The minimum Gasteiger partial charge on any atom is -0.364 e. The molecule has 0 bridgehead atoms. The molecule has 3 rings (SSSR count). The molecule has 1 aromatic carbocycles. The van der Waals surface area contributed by atoms with Crippen LogP contribution in [0.5, 0.6) is 0 Å². The lowest BCUT2D eigenvalue weighted by molar-refractivity contribution is 0.168. The second kappa shape index (κ2) is 11.5. The molecule has 1 aliphatic heterocycles. The monoisotopic (exact) mass is 512 g/mol. The van der Waals surface area contributed by atoms with E-state index in [2.05, 4.69) is 75.5 Å². The molecular formula is C21H33IN6O. The number of aryl methyl sites for hydroxylation is 1. The first-order valence-electron chi connectivity index (χ1n) is 9.87. The van der Waals surface area contributed by atoms with Crippen LogP contribution in [0.25, 0.3) is 0 Å². The number of benzene rings is 1. The predicted octanol–water partition coefficient (Wildman–Crippen LogP) is 2.60. The van der Waals surface area contributed by atoms with E-state index in [1.54, 1.807) is 6.26 Å². The van der Waals surface area contributed by atoms with Gasteiger partial charge in [-0.05, 0) is 26.6 Å². The molecule has 160 valence electrons. The quantitative estimate of drug-likeness (QED) is 0.365. The smallest absolute Gasteiger partial charge is 0.193 e. The number of nitrogens with zero attached hydrogens (tertiary/aromatic N) is 5. The van der Waals surface area contributed by atoms with Gasteiger partial charge in [0, 0.05) is 52.4 Å². The number of guanidine groups is 1. The predicted molar refractivity (Wildman–Crippen MR) is 128 cm³/mol. The first kappa shape index (κ1) is 23.6. The van der Waals surface area contributed by atoms with Crippen molar-refractivity contribution in [2.45, 2.75) is 19.5 Å². The van der Waals surface area contributed by atoms with Gasteiger partial charge in [-0.1, -0.05) is 35.0 Å². The number of hydrogen-bond donors (Lipinski definition) is 1. The van der Waals surface area contributed by atoms with Gasteiger partial charge in [-0.25, -0.2) is 0 Å². The van der Waals surface area contributed by atoms with Crippen LogP contribution < -0.4 is 5.32 Å². The van der Waals surface area contributed by atoms with Crippen LogP contribution in [0.1, 0.15) is 22.9 Å². The van der Waals surface area contributed by atoms with Crippen LogP contribution in [-0.4, -0.2) is 79.7 Å². The van der Waals surface area contributed by atoms with Gasteiger partial charge in [0.05, 0.1) is 11.7 Å². The average Bonchev–Trinajstić information content (AvgIpc) is 3.20. The maximum absolute atomic E-state index is 4.93. The zero-order valence-electron chi connectivity index (χ0n) is 17.8. The van der Waals surface area contributed by atoms with Gasteiger partial charge in [0.15, 0.2) is 5.96 Å². The summed E-state index contributed by atoms with van der Waals surface area (Å²) in [5.74, 6) is 0.972. The van der Waals surface area contributed by atoms with Crippen LogP contribution in [0.3, 0.4) is 0 Å². The number of piperazine rings is 1. The second-order valence-corrected chi connectivity index (χ2v) is 7.57. The van der Waals surface area contributed by atoms with E-state index in [4.69, 9.17) is 4.52 Å². The summed E-state index contributed by atoms with van der Waals surface area (Å²) >= 11 is 0. The van der Waals surface area contributed by atoms with Crippen LogP contribution in [-0.2, 0) is 6.54 Å². The molecule has 1 aliphatic rings. The fraction of sp³-hybridized carbons (Fsp3) is 0.524. The first-order chi connectivity index (χ1) is 13.6. The number of likely N-dealkylation sites (N-methyl/N-ethyl adjacent to an activating group) is 1. The molecule has 7 nitrogen and oxygen atoms in total. The van der Waals surface area contributed by atoms with Gasteiger partial charge >= 0.3 is 0 Å². The van der Waals surface area contributed by atoms with Gasteiger partial charge in [0.1, 0.15) is 6.26 Å². The van der Waals surface area contributed by atoms with Crippen LogP contribution in [0.2, 0.25) is 0 Å². The fourth-order valence-electron chi connectivity index (χ4n) is 3.57. The summed E-state index contributed by atoms with van der Waals surface area (Å²) in [6, 6.07) is 11.0. The summed E-state index contributed by atoms with van der Waals surface area (Å²) in [5, 5.41) is 7.59. The highest BCUT2D eigenvalue weighted by Crippen LogP contribution is 2.18. The Morgan fingerprint density at radius 1 is 1.17 bits per heavy atom. The normalized spacial score (nSPS) is 16.6. The van der Waals surface area contributed by atoms with Crippen molar-refractivity contribution in [3.05, 3.63) is 53.4 Å². The molecule has 2 aromatic rings. The van der Waals surface area contributed by atoms with E-state index in [1.807, 2.05) is 13.1 Å². The molecule has 1 unspecified atom stereocenters. The summed E-state index contributed by atoms with van der Waals surface area (Å²) in [6.45, 7) is 7.67. The molecule has 0 amide bonds. The molecule has 0 radical (unpaired) electrons. The van der Waals surface area contributed by atoms with Crippen molar-refractivity contribution in [3.63, 3.8) is 0 Å². The highest BCUT2D eigenvalue weighted by molar-refractivity contribution is 14.0. The Balaban J connectivity index is 0.00000300. The summed E-state index contributed by atoms with van der Waals surface area (Å²) in [7, 11) is 6.11. The second-order valence-electron chi connectivity index (χ2n) is 7.57. The Morgan fingerprint density at radius 3 is 2.41 bits per heavy atom. The van der Waals surface area contributed by atoms with E-state index in [-0.39, 0.29) is 24.0 Å². The number of aliphatic imine (C=N–C) groups is 1. The molecule has 0 saturated carbocycles. The summed E-state index contributed by atoms with van der Waals surface area (Å²) in [5.41, 5.74) is 3.59. The van der Waals surface area contributed by atoms with E-state index in [0.29, 0.717) is 6.04 Å². The van der Waals surface area contributed by atoms with Gasteiger partial charge in [0.2, 0.25) is 0 Å². The molecule has 1 N–H and O–H groups in total. The van der Waals surface area contributed by atoms with Crippen molar-refractivity contribution in [3.8, 4) is 0 Å². The van der Waals surface area contributed by atoms with Gasteiger partial charge in [0.25, 0.3) is 0 Å². The molecule has 1 fully saturated rings. The molecule has 1 saturated heterocycles. The SMILES string of the molecule is CN=C(NCC(c1ccc(C)cc1)N(C)C)N1CCN(Cc2ccon2)CC1.I. The third kappa shape index (κ3) is 6.68. The molecule has 1 aromatic heterocycles. The standard InChI is InChI=1S/C21H32N6O.HI/c1-17-5-7-18(8-6-17)20(25(3)4)15-23-21(22-2)27-12-10-26(11-13-27)16-19-9-14-28-24-19;/h5-9,14,20H,10-13,15-16H2,1-4H3,(H,22,23);1H. The molecule has 8 heteroatoms. The van der Waals surface area contributed by atoms with Crippen molar-refractivity contribution in [1.82, 2.24) is 25.2 Å².